The molecule has 2 rings (SSSR count). The number of benzene rings is 1. The van der Waals surface area contributed by atoms with Crippen molar-refractivity contribution in [3.8, 4) is 0 Å². The van der Waals surface area contributed by atoms with E-state index < -0.39 is 17.6 Å². The lowest BCUT2D eigenvalue weighted by Gasteiger charge is -2.00. The number of methoxy groups -OCH3 is 1. The van der Waals surface area contributed by atoms with E-state index in [2.05, 4.69) is 20.7 Å². The smallest absolute Gasteiger partial charge is 0.373 e. The second-order valence-electron chi connectivity index (χ2n) is 3.61. The lowest BCUT2D eigenvalue weighted by molar-refractivity contribution is 0.0563. The number of hydrogen-bond acceptors (Lipinski definition) is 4. The highest BCUT2D eigenvalue weighted by molar-refractivity contribution is 9.10. The third-order valence-electron chi connectivity index (χ3n) is 2.39. The molecule has 1 heterocycles. The van der Waals surface area contributed by atoms with E-state index in [1.165, 1.54) is 31.4 Å². The number of ketones is 1. The number of carbonyl (C=O) groups is 2. The molecule has 98 valence electrons. The Morgan fingerprint density at radius 1 is 1.21 bits per heavy atom. The number of furan rings is 1. The summed E-state index contributed by atoms with van der Waals surface area (Å²) >= 11 is 3.10. The Morgan fingerprint density at radius 2 is 1.89 bits per heavy atom. The summed E-state index contributed by atoms with van der Waals surface area (Å²) < 4.78 is 23.6. The molecule has 4 nitrogen and oxygen atoms in total. The van der Waals surface area contributed by atoms with Gasteiger partial charge in [0.05, 0.1) is 12.7 Å². The summed E-state index contributed by atoms with van der Waals surface area (Å²) in [4.78, 5) is 23.2. The molecule has 0 radical (unpaired) electrons. The second-order valence-corrected chi connectivity index (χ2v) is 4.52. The lowest BCUT2D eigenvalue weighted by atomic mass is 10.1. The van der Waals surface area contributed by atoms with Crippen LogP contribution in [0.2, 0.25) is 0 Å². The molecule has 0 aliphatic rings. The van der Waals surface area contributed by atoms with Gasteiger partial charge in [0.25, 0.3) is 0 Å². The van der Waals surface area contributed by atoms with Gasteiger partial charge >= 0.3 is 5.97 Å². The first kappa shape index (κ1) is 13.5. The van der Waals surface area contributed by atoms with E-state index >= 15 is 0 Å². The summed E-state index contributed by atoms with van der Waals surface area (Å²) in [5.74, 6) is -2.24. The van der Waals surface area contributed by atoms with Crippen molar-refractivity contribution in [2.24, 2.45) is 0 Å². The molecule has 0 atom stereocenters. The quantitative estimate of drug-likeness (QED) is 0.642. The Balaban J connectivity index is 2.34. The largest absolute Gasteiger partial charge is 0.463 e. The Morgan fingerprint density at radius 3 is 2.53 bits per heavy atom. The minimum absolute atomic E-state index is 0.108. The van der Waals surface area contributed by atoms with Crippen LogP contribution in [0.5, 0.6) is 0 Å². The van der Waals surface area contributed by atoms with Crippen molar-refractivity contribution < 1.29 is 23.1 Å². The molecular weight excluding hydrogens is 319 g/mol. The first-order chi connectivity index (χ1) is 9.02. The van der Waals surface area contributed by atoms with Gasteiger partial charge in [0.1, 0.15) is 5.82 Å². The van der Waals surface area contributed by atoms with Crippen LogP contribution in [0, 0.1) is 5.82 Å². The zero-order valence-electron chi connectivity index (χ0n) is 9.78. The van der Waals surface area contributed by atoms with E-state index in [0.29, 0.717) is 4.47 Å². The highest BCUT2D eigenvalue weighted by Crippen LogP contribution is 2.20. The van der Waals surface area contributed by atoms with Gasteiger partial charge in [-0.2, -0.15) is 0 Å². The van der Waals surface area contributed by atoms with Crippen LogP contribution in [0.15, 0.2) is 39.2 Å². The zero-order chi connectivity index (χ0) is 14.0. The van der Waals surface area contributed by atoms with Crippen LogP contribution in [-0.2, 0) is 4.74 Å². The Hall–Kier alpha value is -1.95. The van der Waals surface area contributed by atoms with Crippen molar-refractivity contribution in [2.75, 3.05) is 7.11 Å². The van der Waals surface area contributed by atoms with Gasteiger partial charge in [0, 0.05) is 4.47 Å². The summed E-state index contributed by atoms with van der Waals surface area (Å²) in [7, 11) is 1.20. The Kier molecular flexibility index (Phi) is 3.80. The summed E-state index contributed by atoms with van der Waals surface area (Å²) in [5.41, 5.74) is -0.131. The van der Waals surface area contributed by atoms with Crippen molar-refractivity contribution in [3.05, 3.63) is 57.7 Å². The number of halogens is 2. The van der Waals surface area contributed by atoms with Gasteiger partial charge in [-0.3, -0.25) is 4.79 Å². The van der Waals surface area contributed by atoms with Gasteiger partial charge in [-0.25, -0.2) is 9.18 Å². The molecule has 1 aromatic heterocycles. The minimum atomic E-state index is -0.699. The minimum Gasteiger partial charge on any atom is -0.463 e. The Bertz CT molecular complexity index is 648. The van der Waals surface area contributed by atoms with Crippen molar-refractivity contribution in [1.29, 1.82) is 0 Å². The number of rotatable bonds is 3. The average Bonchev–Trinajstić information content (AvgIpc) is 2.86. The van der Waals surface area contributed by atoms with Gasteiger partial charge in [0.15, 0.2) is 5.76 Å². The molecule has 0 amide bonds. The lowest BCUT2D eigenvalue weighted by Crippen LogP contribution is -2.03. The SMILES string of the molecule is COC(=O)c1ccc(C(=O)c2ccc(Br)cc2F)o1. The zero-order valence-corrected chi connectivity index (χ0v) is 11.4. The van der Waals surface area contributed by atoms with Crippen molar-refractivity contribution in [1.82, 2.24) is 0 Å². The first-order valence-electron chi connectivity index (χ1n) is 5.21. The molecule has 0 spiro atoms. The molecule has 6 heteroatoms. The molecule has 19 heavy (non-hydrogen) atoms. The molecule has 0 fully saturated rings. The van der Waals surface area contributed by atoms with Crippen molar-refractivity contribution in [2.45, 2.75) is 0 Å². The van der Waals surface area contributed by atoms with Crippen LogP contribution in [-0.4, -0.2) is 18.9 Å². The van der Waals surface area contributed by atoms with Gasteiger partial charge in [-0.15, -0.1) is 0 Å². The summed E-state index contributed by atoms with van der Waals surface area (Å²) in [6.07, 6.45) is 0. The molecule has 0 aliphatic carbocycles. The topological polar surface area (TPSA) is 56.5 Å². The van der Waals surface area contributed by atoms with Crippen LogP contribution in [0.3, 0.4) is 0 Å². The maximum Gasteiger partial charge on any atom is 0.373 e. The van der Waals surface area contributed by atoms with Gasteiger partial charge in [-0.1, -0.05) is 15.9 Å². The van der Waals surface area contributed by atoms with Crippen LogP contribution in [0.4, 0.5) is 4.39 Å². The van der Waals surface area contributed by atoms with Crippen LogP contribution in [0.1, 0.15) is 26.7 Å². The standard InChI is InChI=1S/C13H8BrFO4/c1-18-13(17)11-5-4-10(19-11)12(16)8-3-2-7(14)6-9(8)15/h2-6H,1H3. The van der Waals surface area contributed by atoms with E-state index in [9.17, 15) is 14.0 Å². The molecule has 0 bridgehead atoms. The summed E-state index contributed by atoms with van der Waals surface area (Å²) in [6.45, 7) is 0. The molecule has 0 N–H and O–H groups in total. The number of hydrogen-bond donors (Lipinski definition) is 0. The predicted molar refractivity (Wildman–Crippen MR) is 67.6 cm³/mol. The molecule has 0 saturated carbocycles. The monoisotopic (exact) mass is 326 g/mol. The van der Waals surface area contributed by atoms with E-state index in [1.807, 2.05) is 0 Å². The van der Waals surface area contributed by atoms with Crippen molar-refractivity contribution in [3.63, 3.8) is 0 Å². The maximum absolute atomic E-state index is 13.6. The van der Waals surface area contributed by atoms with Crippen LogP contribution in [0.25, 0.3) is 0 Å². The van der Waals surface area contributed by atoms with E-state index in [1.54, 1.807) is 6.07 Å². The molecule has 1 aromatic carbocycles. The fourth-order valence-electron chi connectivity index (χ4n) is 1.48. The molecule has 0 unspecified atom stereocenters. The first-order valence-corrected chi connectivity index (χ1v) is 6.00. The van der Waals surface area contributed by atoms with Gasteiger partial charge in [-0.05, 0) is 30.3 Å². The maximum atomic E-state index is 13.6. The fourth-order valence-corrected chi connectivity index (χ4v) is 1.81. The summed E-state index contributed by atoms with van der Waals surface area (Å²) in [6, 6.07) is 6.66. The molecule has 0 aliphatic heterocycles. The molecular formula is C13H8BrFO4. The average molecular weight is 327 g/mol. The third-order valence-corrected chi connectivity index (χ3v) is 2.89. The number of esters is 1. The van der Waals surface area contributed by atoms with Crippen LogP contribution >= 0.6 is 15.9 Å². The summed E-state index contributed by atoms with van der Waals surface area (Å²) in [5, 5.41) is 0. The third kappa shape index (κ3) is 2.73. The molecule has 0 saturated heterocycles. The fraction of sp³-hybridized carbons (Fsp3) is 0.0769. The molecule has 2 aromatic rings. The second kappa shape index (κ2) is 5.36. The number of carbonyl (C=O) groups excluding carboxylic acids is 2. The van der Waals surface area contributed by atoms with Gasteiger partial charge in [0.2, 0.25) is 11.5 Å². The van der Waals surface area contributed by atoms with E-state index in [0.717, 1.165) is 0 Å². The van der Waals surface area contributed by atoms with Gasteiger partial charge < -0.3 is 9.15 Å². The van der Waals surface area contributed by atoms with E-state index in [4.69, 9.17) is 4.42 Å². The number of ether oxygens (including phenoxy) is 1. The predicted octanol–water partition coefficient (Wildman–Crippen LogP) is 3.20. The highest BCUT2D eigenvalue weighted by atomic mass is 79.9. The van der Waals surface area contributed by atoms with Crippen LogP contribution < -0.4 is 0 Å². The normalized spacial score (nSPS) is 10.3. The van der Waals surface area contributed by atoms with E-state index in [-0.39, 0.29) is 17.1 Å². The highest BCUT2D eigenvalue weighted by Gasteiger charge is 2.20. The Labute approximate surface area is 116 Å². The van der Waals surface area contributed by atoms with Crippen molar-refractivity contribution >= 4 is 27.7 Å².